The van der Waals surface area contributed by atoms with Gasteiger partial charge in [-0.15, -0.1) is 0 Å². The molecule has 0 spiro atoms. The maximum absolute atomic E-state index is 13.5. The number of aryl methyl sites for hydroxylation is 1. The maximum Gasteiger partial charge on any atom is 0.324 e. The third-order valence-electron chi connectivity index (χ3n) is 6.64. The second kappa shape index (κ2) is 9.06. The topological polar surface area (TPSA) is 81.7 Å². The Morgan fingerprint density at radius 1 is 1.09 bits per heavy atom. The number of amides is 1. The van der Waals surface area contributed by atoms with Crippen molar-refractivity contribution in [3.05, 3.63) is 58.1 Å². The minimum atomic E-state index is -1.17. The van der Waals surface area contributed by atoms with Crippen LogP contribution in [0.4, 0.5) is 5.69 Å². The monoisotopic (exact) mass is 499 g/mol. The summed E-state index contributed by atoms with van der Waals surface area (Å²) in [6.45, 7) is 1.96. The fourth-order valence-electron chi connectivity index (χ4n) is 5.10. The Balaban J connectivity index is 1.82. The van der Waals surface area contributed by atoms with Crippen molar-refractivity contribution in [3.8, 4) is 5.75 Å². The van der Waals surface area contributed by atoms with E-state index >= 15 is 0 Å². The van der Waals surface area contributed by atoms with Crippen molar-refractivity contribution in [2.45, 2.75) is 44.9 Å². The van der Waals surface area contributed by atoms with E-state index in [4.69, 9.17) is 9.47 Å². The zero-order valence-electron chi connectivity index (χ0n) is 18.2. The van der Waals surface area contributed by atoms with E-state index in [9.17, 15) is 14.4 Å². The van der Waals surface area contributed by atoms with Crippen LogP contribution in [0.25, 0.3) is 0 Å². The zero-order valence-corrected chi connectivity index (χ0v) is 19.7. The first kappa shape index (κ1) is 22.5. The van der Waals surface area contributed by atoms with E-state index in [2.05, 4.69) is 21.2 Å². The number of hydrogen-bond acceptors (Lipinski definition) is 5. The fourth-order valence-corrected chi connectivity index (χ4v) is 5.48. The summed E-state index contributed by atoms with van der Waals surface area (Å²) < 4.78 is 11.6. The number of methoxy groups -OCH3 is 1. The number of carbonyl (C=O) groups excluding carboxylic acids is 3. The van der Waals surface area contributed by atoms with Crippen LogP contribution in [0.3, 0.4) is 0 Å². The van der Waals surface area contributed by atoms with Gasteiger partial charge >= 0.3 is 11.9 Å². The molecule has 1 aliphatic carbocycles. The highest BCUT2D eigenvalue weighted by Crippen LogP contribution is 2.55. The molecule has 168 valence electrons. The molecule has 1 amide bonds. The van der Waals surface area contributed by atoms with Crippen molar-refractivity contribution in [2.24, 2.45) is 11.3 Å². The van der Waals surface area contributed by atoms with Gasteiger partial charge in [0, 0.05) is 21.6 Å². The SMILES string of the molecule is COC(=O)C1([C@@H]2c3cc(Br)ccc3OC(=O)[C@@H]2C(=O)Nc2ccc(C)cc2)CCCCC1. The van der Waals surface area contributed by atoms with Gasteiger partial charge in [0.25, 0.3) is 0 Å². The third kappa shape index (κ3) is 4.06. The van der Waals surface area contributed by atoms with Crippen LogP contribution >= 0.6 is 15.9 Å². The highest BCUT2D eigenvalue weighted by molar-refractivity contribution is 9.10. The van der Waals surface area contributed by atoms with Gasteiger partial charge in [-0.2, -0.15) is 0 Å². The summed E-state index contributed by atoms with van der Waals surface area (Å²) in [7, 11) is 1.36. The summed E-state index contributed by atoms with van der Waals surface area (Å²) in [4.78, 5) is 39.9. The Morgan fingerprint density at radius 3 is 2.44 bits per heavy atom. The maximum atomic E-state index is 13.5. The van der Waals surface area contributed by atoms with Crippen LogP contribution in [0.15, 0.2) is 46.9 Å². The van der Waals surface area contributed by atoms with Gasteiger partial charge in [-0.1, -0.05) is 52.9 Å². The zero-order chi connectivity index (χ0) is 22.9. The number of fused-ring (bicyclic) bond motifs is 1. The Morgan fingerprint density at radius 2 is 1.78 bits per heavy atom. The third-order valence-corrected chi connectivity index (χ3v) is 7.13. The number of ether oxygens (including phenoxy) is 2. The van der Waals surface area contributed by atoms with E-state index in [1.54, 1.807) is 24.3 Å². The quantitative estimate of drug-likeness (QED) is 0.357. The molecule has 4 rings (SSSR count). The molecule has 0 bridgehead atoms. The second-order valence-corrected chi connectivity index (χ2v) is 9.54. The molecule has 0 saturated heterocycles. The van der Waals surface area contributed by atoms with Crippen molar-refractivity contribution in [1.82, 2.24) is 0 Å². The van der Waals surface area contributed by atoms with Crippen LogP contribution in [0.1, 0.15) is 49.1 Å². The number of nitrogens with one attached hydrogen (secondary N) is 1. The van der Waals surface area contributed by atoms with Gasteiger partial charge in [0.2, 0.25) is 5.91 Å². The summed E-state index contributed by atoms with van der Waals surface area (Å²) in [5.74, 6) is -2.98. The predicted molar refractivity (Wildman–Crippen MR) is 123 cm³/mol. The summed E-state index contributed by atoms with van der Waals surface area (Å²) in [6.07, 6.45) is 3.77. The minimum Gasteiger partial charge on any atom is -0.469 e. The van der Waals surface area contributed by atoms with Crippen molar-refractivity contribution in [2.75, 3.05) is 12.4 Å². The molecule has 1 fully saturated rings. The molecule has 2 aromatic rings. The molecule has 1 heterocycles. The van der Waals surface area contributed by atoms with E-state index < -0.39 is 29.1 Å². The van der Waals surface area contributed by atoms with Crippen molar-refractivity contribution in [1.29, 1.82) is 0 Å². The van der Waals surface area contributed by atoms with Crippen molar-refractivity contribution >= 4 is 39.5 Å². The first-order chi connectivity index (χ1) is 15.4. The highest BCUT2D eigenvalue weighted by Gasteiger charge is 2.57. The van der Waals surface area contributed by atoms with Crippen LogP contribution in [-0.2, 0) is 19.1 Å². The van der Waals surface area contributed by atoms with Gasteiger partial charge in [-0.25, -0.2) is 0 Å². The number of anilines is 1. The lowest BCUT2D eigenvalue weighted by Gasteiger charge is -2.45. The smallest absolute Gasteiger partial charge is 0.324 e. The molecule has 0 radical (unpaired) electrons. The Hall–Kier alpha value is -2.67. The second-order valence-electron chi connectivity index (χ2n) is 8.62. The predicted octanol–water partition coefficient (Wildman–Crippen LogP) is 5.14. The standard InChI is InChI=1S/C25H26BrNO5/c1-15-6-9-17(10-7-15)27-22(28)20-21(25(24(30)31-2)12-4-3-5-13-25)18-14-16(26)8-11-19(18)32-23(20)29/h6-11,14,20-21H,3-5,12-13H2,1-2H3,(H,27,28)/t20-,21+/m0/s1. The Bertz CT molecular complexity index is 1040. The molecule has 1 N–H and O–H groups in total. The summed E-state index contributed by atoms with van der Waals surface area (Å²) in [5.41, 5.74) is 1.35. The van der Waals surface area contributed by atoms with E-state index in [1.165, 1.54) is 7.11 Å². The van der Waals surface area contributed by atoms with Crippen LogP contribution in [0.2, 0.25) is 0 Å². The lowest BCUT2D eigenvalue weighted by molar-refractivity contribution is -0.162. The molecule has 2 aliphatic rings. The lowest BCUT2D eigenvalue weighted by Crippen LogP contribution is -2.51. The average molecular weight is 500 g/mol. The largest absolute Gasteiger partial charge is 0.469 e. The number of benzene rings is 2. The van der Waals surface area contributed by atoms with Crippen LogP contribution < -0.4 is 10.1 Å². The summed E-state index contributed by atoms with van der Waals surface area (Å²) in [6, 6.07) is 12.7. The van der Waals surface area contributed by atoms with Gasteiger partial charge in [0.15, 0.2) is 0 Å². The molecule has 0 aromatic heterocycles. The molecule has 2 aromatic carbocycles. The minimum absolute atomic E-state index is 0.379. The molecular formula is C25H26BrNO5. The first-order valence-electron chi connectivity index (χ1n) is 10.8. The molecule has 2 atom stereocenters. The van der Waals surface area contributed by atoms with Crippen molar-refractivity contribution in [3.63, 3.8) is 0 Å². The van der Waals surface area contributed by atoms with E-state index in [0.29, 0.717) is 29.8 Å². The molecule has 6 nitrogen and oxygen atoms in total. The average Bonchev–Trinajstić information content (AvgIpc) is 2.79. The van der Waals surface area contributed by atoms with E-state index in [0.717, 1.165) is 29.3 Å². The fraction of sp³-hybridized carbons (Fsp3) is 0.400. The molecule has 0 unspecified atom stereocenters. The first-order valence-corrected chi connectivity index (χ1v) is 11.6. The van der Waals surface area contributed by atoms with Gasteiger partial charge in [0.05, 0.1) is 12.5 Å². The number of hydrogen-bond donors (Lipinski definition) is 1. The molecule has 1 aliphatic heterocycles. The summed E-state index contributed by atoms with van der Waals surface area (Å²) in [5, 5.41) is 2.85. The van der Waals surface area contributed by atoms with Gasteiger partial charge in [0.1, 0.15) is 11.7 Å². The highest BCUT2D eigenvalue weighted by atomic mass is 79.9. The number of esters is 2. The molecule has 1 saturated carbocycles. The number of halogens is 1. The van der Waals surface area contributed by atoms with Gasteiger partial charge < -0.3 is 14.8 Å². The lowest BCUT2D eigenvalue weighted by atomic mass is 9.59. The van der Waals surface area contributed by atoms with Crippen LogP contribution in [0, 0.1) is 18.3 Å². The van der Waals surface area contributed by atoms with E-state index in [1.807, 2.05) is 25.1 Å². The normalized spacial score (nSPS) is 21.8. The van der Waals surface area contributed by atoms with Crippen LogP contribution in [0.5, 0.6) is 5.75 Å². The number of rotatable bonds is 4. The Labute approximate surface area is 195 Å². The molecule has 32 heavy (non-hydrogen) atoms. The number of carbonyl (C=O) groups is 3. The van der Waals surface area contributed by atoms with Gasteiger partial charge in [-0.3, -0.25) is 14.4 Å². The summed E-state index contributed by atoms with van der Waals surface area (Å²) >= 11 is 3.49. The van der Waals surface area contributed by atoms with E-state index in [-0.39, 0.29) is 5.97 Å². The van der Waals surface area contributed by atoms with Gasteiger partial charge in [-0.05, 0) is 50.1 Å². The van der Waals surface area contributed by atoms with Crippen LogP contribution in [-0.4, -0.2) is 25.0 Å². The van der Waals surface area contributed by atoms with Crippen molar-refractivity contribution < 1.29 is 23.9 Å². The molecular weight excluding hydrogens is 474 g/mol. The molecule has 7 heteroatoms. The Kier molecular flexibility index (Phi) is 6.38.